The maximum absolute atomic E-state index is 11.2. The van der Waals surface area contributed by atoms with Crippen molar-refractivity contribution in [1.29, 1.82) is 0 Å². The van der Waals surface area contributed by atoms with E-state index in [4.69, 9.17) is 4.74 Å². The van der Waals surface area contributed by atoms with Gasteiger partial charge in [-0.15, -0.1) is 11.3 Å². The van der Waals surface area contributed by atoms with Gasteiger partial charge in [-0.3, -0.25) is 4.90 Å². The molecule has 7 heteroatoms. The van der Waals surface area contributed by atoms with Crippen LogP contribution in [-0.2, 0) is 21.3 Å². The van der Waals surface area contributed by atoms with Crippen molar-refractivity contribution in [2.24, 2.45) is 11.8 Å². The van der Waals surface area contributed by atoms with Crippen molar-refractivity contribution in [1.82, 2.24) is 9.62 Å². The average Bonchev–Trinajstić information content (AvgIpc) is 3.03. The molecule has 0 aromatic carbocycles. The van der Waals surface area contributed by atoms with Crippen molar-refractivity contribution in [3.05, 3.63) is 21.9 Å². The summed E-state index contributed by atoms with van der Waals surface area (Å²) >= 11 is 1.84. The van der Waals surface area contributed by atoms with Crippen molar-refractivity contribution in [3.63, 3.8) is 0 Å². The molecule has 5 nitrogen and oxygen atoms in total. The average molecular weight is 330 g/mol. The van der Waals surface area contributed by atoms with E-state index in [0.29, 0.717) is 25.0 Å². The van der Waals surface area contributed by atoms with Gasteiger partial charge in [0.05, 0.1) is 19.0 Å². The van der Waals surface area contributed by atoms with Crippen LogP contribution in [-0.4, -0.2) is 51.9 Å². The fraction of sp³-hybridized carbons (Fsp3) is 0.714. The second-order valence-corrected chi connectivity index (χ2v) is 9.33. The Balaban J connectivity index is 1.55. The Morgan fingerprint density at radius 3 is 2.90 bits per heavy atom. The molecule has 0 spiro atoms. The minimum absolute atomic E-state index is 0.261. The maximum Gasteiger partial charge on any atom is 0.208 e. The summed E-state index contributed by atoms with van der Waals surface area (Å²) in [6, 6.07) is 4.35. The Morgan fingerprint density at radius 2 is 2.24 bits per heavy atom. The molecule has 2 fully saturated rings. The smallest absolute Gasteiger partial charge is 0.208 e. The van der Waals surface area contributed by atoms with Gasteiger partial charge < -0.3 is 4.74 Å². The predicted octanol–water partition coefficient (Wildman–Crippen LogP) is 1.05. The van der Waals surface area contributed by atoms with Crippen LogP contribution in [0.2, 0.25) is 0 Å². The van der Waals surface area contributed by atoms with Crippen LogP contribution in [0, 0.1) is 18.8 Å². The first-order chi connectivity index (χ1) is 9.90. The van der Waals surface area contributed by atoms with Gasteiger partial charge in [-0.25, -0.2) is 13.1 Å². The first kappa shape index (κ1) is 15.4. The first-order valence-corrected chi connectivity index (χ1v) is 9.95. The highest BCUT2D eigenvalue weighted by molar-refractivity contribution is 7.88. The first-order valence-electron chi connectivity index (χ1n) is 7.24. The SMILES string of the molecule is Cc1ccc(CN2C[C@@H]3[C@@H](CNS(C)(=O)=O)CO[C@@H]3C2)s1. The van der Waals surface area contributed by atoms with Crippen LogP contribution in [0.15, 0.2) is 12.1 Å². The highest BCUT2D eigenvalue weighted by Crippen LogP contribution is 2.34. The number of likely N-dealkylation sites (tertiary alicyclic amines) is 1. The van der Waals surface area contributed by atoms with Crippen LogP contribution in [0.1, 0.15) is 9.75 Å². The van der Waals surface area contributed by atoms with Crippen LogP contribution < -0.4 is 4.72 Å². The summed E-state index contributed by atoms with van der Waals surface area (Å²) in [7, 11) is -3.12. The minimum atomic E-state index is -3.12. The number of rotatable bonds is 5. The molecule has 3 heterocycles. The fourth-order valence-electron chi connectivity index (χ4n) is 3.27. The molecule has 1 aromatic rings. The molecular weight excluding hydrogens is 308 g/mol. The molecule has 1 N–H and O–H groups in total. The number of thiophene rings is 1. The normalized spacial score (nSPS) is 29.9. The maximum atomic E-state index is 11.2. The van der Waals surface area contributed by atoms with Gasteiger partial charge in [-0.05, 0) is 19.1 Å². The summed E-state index contributed by atoms with van der Waals surface area (Å²) in [5.41, 5.74) is 0. The number of aryl methyl sites for hydroxylation is 1. The largest absolute Gasteiger partial charge is 0.376 e. The monoisotopic (exact) mass is 330 g/mol. The van der Waals surface area contributed by atoms with E-state index in [1.165, 1.54) is 16.0 Å². The van der Waals surface area contributed by atoms with Gasteiger partial charge in [0.25, 0.3) is 0 Å². The standard InChI is InChI=1S/C14H22N2O3S2/c1-10-3-4-12(20-10)6-16-7-13-11(5-15-21(2,17)18)9-19-14(13)8-16/h3-4,11,13-15H,5-9H2,1-2H3/t11-,13+,14+/m0/s1. The lowest BCUT2D eigenvalue weighted by Crippen LogP contribution is -2.33. The summed E-state index contributed by atoms with van der Waals surface area (Å²) in [6.45, 7) is 6.22. The second kappa shape index (κ2) is 5.96. The van der Waals surface area contributed by atoms with E-state index in [1.807, 2.05) is 11.3 Å². The predicted molar refractivity (Wildman–Crippen MR) is 83.9 cm³/mol. The molecule has 0 aliphatic carbocycles. The van der Waals surface area contributed by atoms with E-state index in [-0.39, 0.29) is 6.10 Å². The van der Waals surface area contributed by atoms with E-state index in [2.05, 4.69) is 28.7 Å². The Bertz CT molecular complexity index is 599. The molecule has 3 atom stereocenters. The van der Waals surface area contributed by atoms with Crippen LogP contribution >= 0.6 is 11.3 Å². The quantitative estimate of drug-likeness (QED) is 0.877. The van der Waals surface area contributed by atoms with Crippen molar-refractivity contribution < 1.29 is 13.2 Å². The topological polar surface area (TPSA) is 58.6 Å². The lowest BCUT2D eigenvalue weighted by atomic mass is 9.93. The van der Waals surface area contributed by atoms with Crippen LogP contribution in [0.3, 0.4) is 0 Å². The fourth-order valence-corrected chi connectivity index (χ4v) is 4.72. The van der Waals surface area contributed by atoms with Crippen molar-refractivity contribution in [2.45, 2.75) is 19.6 Å². The third kappa shape index (κ3) is 3.84. The summed E-state index contributed by atoms with van der Waals surface area (Å²) in [5, 5.41) is 0. The molecule has 0 saturated carbocycles. The molecule has 21 heavy (non-hydrogen) atoms. The Labute approximate surface area is 130 Å². The molecule has 118 valence electrons. The second-order valence-electron chi connectivity index (χ2n) is 6.12. The molecule has 1 aromatic heterocycles. The van der Waals surface area contributed by atoms with Gasteiger partial charge in [0, 0.05) is 47.8 Å². The molecule has 0 unspecified atom stereocenters. The zero-order valence-electron chi connectivity index (χ0n) is 12.4. The highest BCUT2D eigenvalue weighted by atomic mass is 32.2. The summed E-state index contributed by atoms with van der Waals surface area (Å²) < 4.78 is 30.9. The van der Waals surface area contributed by atoms with Crippen molar-refractivity contribution >= 4 is 21.4 Å². The van der Waals surface area contributed by atoms with Crippen LogP contribution in [0.5, 0.6) is 0 Å². The number of sulfonamides is 1. The van der Waals surface area contributed by atoms with Gasteiger partial charge >= 0.3 is 0 Å². The zero-order chi connectivity index (χ0) is 15.0. The Hall–Kier alpha value is -0.470. The lowest BCUT2D eigenvalue weighted by molar-refractivity contribution is 0.0944. The molecule has 3 rings (SSSR count). The van der Waals surface area contributed by atoms with E-state index in [0.717, 1.165) is 19.6 Å². The third-order valence-corrected chi connectivity index (χ3v) is 5.97. The summed E-state index contributed by atoms with van der Waals surface area (Å²) in [5.74, 6) is 0.736. The number of fused-ring (bicyclic) bond motifs is 1. The van der Waals surface area contributed by atoms with Crippen LogP contribution in [0.25, 0.3) is 0 Å². The van der Waals surface area contributed by atoms with Gasteiger partial charge in [-0.1, -0.05) is 0 Å². The number of hydrogen-bond donors (Lipinski definition) is 1. The van der Waals surface area contributed by atoms with E-state index >= 15 is 0 Å². The molecular formula is C14H22N2O3S2. The molecule has 0 radical (unpaired) electrons. The van der Waals surface area contributed by atoms with Gasteiger partial charge in [0.1, 0.15) is 0 Å². The molecule has 2 aliphatic rings. The summed E-state index contributed by atoms with van der Waals surface area (Å²) in [4.78, 5) is 5.15. The van der Waals surface area contributed by atoms with Crippen molar-refractivity contribution in [2.75, 3.05) is 32.5 Å². The lowest BCUT2D eigenvalue weighted by Gasteiger charge is -2.19. The van der Waals surface area contributed by atoms with Gasteiger partial charge in [0.15, 0.2) is 0 Å². The van der Waals surface area contributed by atoms with Gasteiger partial charge in [-0.2, -0.15) is 0 Å². The zero-order valence-corrected chi connectivity index (χ0v) is 14.0. The molecule has 0 amide bonds. The number of nitrogens with one attached hydrogen (secondary N) is 1. The summed E-state index contributed by atoms with van der Waals surface area (Å²) in [6.07, 6.45) is 1.47. The van der Waals surface area contributed by atoms with Crippen molar-refractivity contribution in [3.8, 4) is 0 Å². The van der Waals surface area contributed by atoms with E-state index in [9.17, 15) is 8.42 Å². The number of hydrogen-bond acceptors (Lipinski definition) is 5. The number of nitrogens with zero attached hydrogens (tertiary/aromatic N) is 1. The molecule has 0 bridgehead atoms. The Kier molecular flexibility index (Phi) is 4.38. The van der Waals surface area contributed by atoms with E-state index < -0.39 is 10.0 Å². The van der Waals surface area contributed by atoms with Crippen LogP contribution in [0.4, 0.5) is 0 Å². The Morgan fingerprint density at radius 1 is 1.43 bits per heavy atom. The van der Waals surface area contributed by atoms with Gasteiger partial charge in [0.2, 0.25) is 10.0 Å². The van der Waals surface area contributed by atoms with E-state index in [1.54, 1.807) is 0 Å². The third-order valence-electron chi connectivity index (χ3n) is 4.30. The minimum Gasteiger partial charge on any atom is -0.376 e. The molecule has 2 aliphatic heterocycles. The number of ether oxygens (including phenoxy) is 1. The highest BCUT2D eigenvalue weighted by Gasteiger charge is 2.43. The molecule has 2 saturated heterocycles.